The number of hydrogen-bond acceptors (Lipinski definition) is 5. The summed E-state index contributed by atoms with van der Waals surface area (Å²) in [6.07, 6.45) is 6.97. The summed E-state index contributed by atoms with van der Waals surface area (Å²) < 4.78 is 1.75. The number of rotatable bonds is 5. The SMILES string of the molecule is Cc1cc(-c2n[nH]c(C(=O)NCC3CCCCN3)c2C(C)C)cn2ncnc12. The molecule has 1 aliphatic rings. The largest absolute Gasteiger partial charge is 0.349 e. The Kier molecular flexibility index (Phi) is 5.13. The van der Waals surface area contributed by atoms with Crippen LogP contribution in [0.25, 0.3) is 16.9 Å². The van der Waals surface area contributed by atoms with Crippen LogP contribution in [0.15, 0.2) is 18.6 Å². The van der Waals surface area contributed by atoms with Gasteiger partial charge in [0.2, 0.25) is 0 Å². The molecule has 4 heterocycles. The van der Waals surface area contributed by atoms with Crippen molar-refractivity contribution in [2.75, 3.05) is 13.1 Å². The van der Waals surface area contributed by atoms with E-state index in [2.05, 4.69) is 44.8 Å². The number of nitrogens with zero attached hydrogens (tertiary/aromatic N) is 4. The van der Waals surface area contributed by atoms with E-state index >= 15 is 0 Å². The van der Waals surface area contributed by atoms with Crippen LogP contribution in [0.3, 0.4) is 0 Å². The Bertz CT molecular complexity index is 982. The summed E-state index contributed by atoms with van der Waals surface area (Å²) in [5.41, 5.74) is 5.01. The van der Waals surface area contributed by atoms with E-state index in [4.69, 9.17) is 0 Å². The summed E-state index contributed by atoms with van der Waals surface area (Å²) in [6.45, 7) is 7.81. The molecule has 1 atom stereocenters. The van der Waals surface area contributed by atoms with Crippen molar-refractivity contribution < 1.29 is 4.79 Å². The Labute approximate surface area is 164 Å². The first-order chi connectivity index (χ1) is 13.5. The van der Waals surface area contributed by atoms with E-state index in [1.54, 1.807) is 4.52 Å². The highest BCUT2D eigenvalue weighted by atomic mass is 16.1. The lowest BCUT2D eigenvalue weighted by Gasteiger charge is -2.23. The Morgan fingerprint density at radius 3 is 3.00 bits per heavy atom. The smallest absolute Gasteiger partial charge is 0.269 e. The number of piperidine rings is 1. The van der Waals surface area contributed by atoms with Gasteiger partial charge in [-0.2, -0.15) is 10.2 Å². The summed E-state index contributed by atoms with van der Waals surface area (Å²) >= 11 is 0. The standard InChI is InChI=1S/C20H27N7O/c1-12(2)16-17(14-8-13(3)19-23-11-24-27(19)10-14)25-26-18(16)20(28)22-9-15-6-4-5-7-21-15/h8,10-12,15,21H,4-7,9H2,1-3H3,(H,22,28)(H,25,26). The third-order valence-corrected chi connectivity index (χ3v) is 5.36. The van der Waals surface area contributed by atoms with E-state index in [9.17, 15) is 4.79 Å². The molecule has 4 rings (SSSR count). The molecule has 1 aliphatic heterocycles. The maximum Gasteiger partial charge on any atom is 0.269 e. The van der Waals surface area contributed by atoms with E-state index in [0.29, 0.717) is 18.3 Å². The molecule has 1 saturated heterocycles. The second-order valence-electron chi connectivity index (χ2n) is 7.81. The Hall–Kier alpha value is -2.74. The highest BCUT2D eigenvalue weighted by Crippen LogP contribution is 2.31. The lowest BCUT2D eigenvalue weighted by Crippen LogP contribution is -2.43. The topological polar surface area (TPSA) is 100 Å². The first-order valence-electron chi connectivity index (χ1n) is 9.94. The fourth-order valence-corrected chi connectivity index (χ4v) is 3.93. The van der Waals surface area contributed by atoms with Crippen molar-refractivity contribution >= 4 is 11.6 Å². The molecule has 3 N–H and O–H groups in total. The molecule has 3 aromatic heterocycles. The molecule has 1 unspecified atom stereocenters. The average Bonchev–Trinajstić information content (AvgIpc) is 3.34. The molecule has 0 aromatic carbocycles. The molecule has 8 heteroatoms. The van der Waals surface area contributed by atoms with E-state index in [-0.39, 0.29) is 11.8 Å². The Balaban J connectivity index is 1.62. The number of H-pyrrole nitrogens is 1. The van der Waals surface area contributed by atoms with E-state index in [0.717, 1.165) is 41.0 Å². The highest BCUT2D eigenvalue weighted by Gasteiger charge is 2.24. The van der Waals surface area contributed by atoms with Crippen molar-refractivity contribution in [3.63, 3.8) is 0 Å². The predicted molar refractivity (Wildman–Crippen MR) is 107 cm³/mol. The summed E-state index contributed by atoms with van der Waals surface area (Å²) in [7, 11) is 0. The van der Waals surface area contributed by atoms with Gasteiger partial charge in [-0.15, -0.1) is 0 Å². The molecule has 3 aromatic rings. The van der Waals surface area contributed by atoms with Gasteiger partial charge in [0.15, 0.2) is 5.65 Å². The van der Waals surface area contributed by atoms with Crippen molar-refractivity contribution in [2.45, 2.75) is 52.0 Å². The van der Waals surface area contributed by atoms with Crippen LogP contribution in [-0.4, -0.2) is 49.8 Å². The summed E-state index contributed by atoms with van der Waals surface area (Å²) in [6, 6.07) is 2.39. The molecule has 0 radical (unpaired) electrons. The number of amides is 1. The van der Waals surface area contributed by atoms with Crippen molar-refractivity contribution in [3.8, 4) is 11.3 Å². The maximum atomic E-state index is 12.9. The van der Waals surface area contributed by atoms with Crippen molar-refractivity contribution in [1.82, 2.24) is 35.4 Å². The molecule has 28 heavy (non-hydrogen) atoms. The number of aryl methyl sites for hydroxylation is 1. The van der Waals surface area contributed by atoms with Crippen LogP contribution in [0.5, 0.6) is 0 Å². The van der Waals surface area contributed by atoms with E-state index < -0.39 is 0 Å². The minimum absolute atomic E-state index is 0.103. The first-order valence-corrected chi connectivity index (χ1v) is 9.94. The third kappa shape index (κ3) is 3.52. The van der Waals surface area contributed by atoms with E-state index in [1.807, 2.05) is 19.2 Å². The molecule has 148 valence electrons. The van der Waals surface area contributed by atoms with Crippen LogP contribution in [-0.2, 0) is 0 Å². The van der Waals surface area contributed by atoms with Crippen LogP contribution in [0.1, 0.15) is 60.6 Å². The minimum Gasteiger partial charge on any atom is -0.349 e. The number of aromatic amines is 1. The second kappa shape index (κ2) is 7.71. The van der Waals surface area contributed by atoms with Gasteiger partial charge in [0.25, 0.3) is 5.91 Å². The van der Waals surface area contributed by atoms with Crippen LogP contribution < -0.4 is 10.6 Å². The van der Waals surface area contributed by atoms with Gasteiger partial charge in [-0.3, -0.25) is 9.89 Å². The second-order valence-corrected chi connectivity index (χ2v) is 7.81. The summed E-state index contributed by atoms with van der Waals surface area (Å²) in [4.78, 5) is 17.1. The van der Waals surface area contributed by atoms with Gasteiger partial charge in [0, 0.05) is 29.9 Å². The van der Waals surface area contributed by atoms with Gasteiger partial charge in [-0.05, 0) is 43.9 Å². The normalized spacial score (nSPS) is 17.4. The molecular weight excluding hydrogens is 354 g/mol. The van der Waals surface area contributed by atoms with Crippen molar-refractivity contribution in [3.05, 3.63) is 35.4 Å². The molecule has 0 spiro atoms. The average molecular weight is 381 g/mol. The number of aromatic nitrogens is 5. The molecule has 0 saturated carbocycles. The van der Waals surface area contributed by atoms with E-state index in [1.165, 1.54) is 19.2 Å². The lowest BCUT2D eigenvalue weighted by atomic mass is 9.96. The molecule has 0 aliphatic carbocycles. The molecular formula is C20H27N7O. The zero-order valence-corrected chi connectivity index (χ0v) is 16.6. The quantitative estimate of drug-likeness (QED) is 0.630. The monoisotopic (exact) mass is 381 g/mol. The van der Waals surface area contributed by atoms with Gasteiger partial charge in [0.05, 0.1) is 5.69 Å². The fourth-order valence-electron chi connectivity index (χ4n) is 3.93. The van der Waals surface area contributed by atoms with Gasteiger partial charge in [0.1, 0.15) is 12.0 Å². The predicted octanol–water partition coefficient (Wildman–Crippen LogP) is 2.42. The number of carbonyl (C=O) groups is 1. The highest BCUT2D eigenvalue weighted by molar-refractivity contribution is 5.95. The van der Waals surface area contributed by atoms with Crippen LogP contribution in [0.2, 0.25) is 0 Å². The number of nitrogens with one attached hydrogen (secondary N) is 3. The molecule has 1 amide bonds. The number of pyridine rings is 1. The van der Waals surface area contributed by atoms with Crippen LogP contribution in [0, 0.1) is 6.92 Å². The fraction of sp³-hybridized carbons (Fsp3) is 0.500. The third-order valence-electron chi connectivity index (χ3n) is 5.36. The zero-order valence-electron chi connectivity index (χ0n) is 16.6. The maximum absolute atomic E-state index is 12.9. The Morgan fingerprint density at radius 2 is 2.25 bits per heavy atom. The molecule has 8 nitrogen and oxygen atoms in total. The molecule has 0 bridgehead atoms. The minimum atomic E-state index is -0.103. The van der Waals surface area contributed by atoms with Gasteiger partial charge in [-0.1, -0.05) is 20.3 Å². The van der Waals surface area contributed by atoms with Crippen molar-refractivity contribution in [2.24, 2.45) is 0 Å². The zero-order chi connectivity index (χ0) is 19.7. The number of hydrogen-bond donors (Lipinski definition) is 3. The summed E-state index contributed by atoms with van der Waals surface area (Å²) in [5, 5.41) is 18.2. The van der Waals surface area contributed by atoms with Crippen molar-refractivity contribution in [1.29, 1.82) is 0 Å². The van der Waals surface area contributed by atoms with Gasteiger partial charge in [-0.25, -0.2) is 9.50 Å². The summed E-state index contributed by atoms with van der Waals surface area (Å²) in [5.74, 6) is 0.0439. The van der Waals surface area contributed by atoms with Gasteiger partial charge < -0.3 is 10.6 Å². The Morgan fingerprint density at radius 1 is 1.39 bits per heavy atom. The van der Waals surface area contributed by atoms with Crippen LogP contribution in [0.4, 0.5) is 0 Å². The number of fused-ring (bicyclic) bond motifs is 1. The van der Waals surface area contributed by atoms with Crippen LogP contribution >= 0.6 is 0 Å². The lowest BCUT2D eigenvalue weighted by molar-refractivity contribution is 0.0941. The number of carbonyl (C=O) groups excluding carboxylic acids is 1. The first kappa shape index (κ1) is 18.6. The van der Waals surface area contributed by atoms with Gasteiger partial charge >= 0.3 is 0 Å². The molecule has 1 fully saturated rings.